The third-order valence-corrected chi connectivity index (χ3v) is 4.93. The topological polar surface area (TPSA) is 9.72 Å². The minimum atomic E-state index is 0.750. The van der Waals surface area contributed by atoms with E-state index in [1.807, 2.05) is 27.7 Å². The highest BCUT2D eigenvalue weighted by Gasteiger charge is 2.25. The van der Waals surface area contributed by atoms with Crippen LogP contribution in [0.2, 0.25) is 0 Å². The summed E-state index contributed by atoms with van der Waals surface area (Å²) in [7, 11) is 0. The van der Waals surface area contributed by atoms with Crippen LogP contribution in [-0.2, 0) is 0 Å². The first-order valence-electron chi connectivity index (χ1n) is 9.91. The molecule has 0 bridgehead atoms. The van der Waals surface area contributed by atoms with Gasteiger partial charge in [0.05, 0.1) is 0 Å². The van der Waals surface area contributed by atoms with Crippen LogP contribution >= 0.6 is 0 Å². The van der Waals surface area contributed by atoms with Crippen molar-refractivity contribution >= 4 is 0 Å². The Morgan fingerprint density at radius 2 is 1.36 bits per heavy atom. The van der Waals surface area contributed by atoms with Crippen LogP contribution in [-0.4, -0.2) is 73.1 Å². The molecule has 0 aromatic rings. The lowest BCUT2D eigenvalue weighted by atomic mass is 9.95. The minimum Gasteiger partial charge on any atom is -0.304 e. The van der Waals surface area contributed by atoms with E-state index < -0.39 is 0 Å². The van der Waals surface area contributed by atoms with Crippen molar-refractivity contribution in [3.8, 4) is 0 Å². The van der Waals surface area contributed by atoms with Gasteiger partial charge in [-0.05, 0) is 51.9 Å². The van der Waals surface area contributed by atoms with E-state index in [-0.39, 0.29) is 0 Å². The summed E-state index contributed by atoms with van der Waals surface area (Å²) in [5.41, 5.74) is 0. The Bertz CT molecular complexity index is 237. The van der Waals surface area contributed by atoms with Gasteiger partial charge in [0.25, 0.3) is 0 Å². The van der Waals surface area contributed by atoms with E-state index in [4.69, 9.17) is 0 Å². The van der Waals surface area contributed by atoms with Gasteiger partial charge in [0.2, 0.25) is 0 Å². The first-order valence-corrected chi connectivity index (χ1v) is 9.91. The van der Waals surface area contributed by atoms with Crippen LogP contribution in [0.15, 0.2) is 0 Å². The van der Waals surface area contributed by atoms with Crippen LogP contribution < -0.4 is 0 Å². The number of hydrogen-bond acceptors (Lipinski definition) is 3. The molecule has 0 spiro atoms. The third-order valence-electron chi connectivity index (χ3n) is 4.93. The summed E-state index contributed by atoms with van der Waals surface area (Å²) in [6.07, 6.45) is 2.83. The molecule has 3 heteroatoms. The lowest BCUT2D eigenvalue weighted by Gasteiger charge is -2.41. The molecule has 0 unspecified atom stereocenters. The number of rotatable bonds is 4. The second kappa shape index (κ2) is 13.3. The first-order chi connectivity index (χ1) is 10.7. The number of nitrogens with zero attached hydrogens (tertiary/aromatic N) is 3. The smallest absolute Gasteiger partial charge is 0.0195 e. The zero-order chi connectivity index (χ0) is 17.0. The van der Waals surface area contributed by atoms with Crippen LogP contribution in [0.25, 0.3) is 0 Å². The highest BCUT2D eigenvalue weighted by molar-refractivity contribution is 4.81. The maximum Gasteiger partial charge on any atom is 0.0195 e. The molecule has 2 rings (SSSR count). The van der Waals surface area contributed by atoms with Gasteiger partial charge in [0.15, 0.2) is 0 Å². The van der Waals surface area contributed by atoms with Gasteiger partial charge in [-0.15, -0.1) is 0 Å². The van der Waals surface area contributed by atoms with Gasteiger partial charge >= 0.3 is 0 Å². The molecule has 0 aliphatic carbocycles. The Hall–Kier alpha value is -0.120. The summed E-state index contributed by atoms with van der Waals surface area (Å²) in [5, 5.41) is 0. The number of hydrogen-bond donors (Lipinski definition) is 0. The Morgan fingerprint density at radius 3 is 1.82 bits per heavy atom. The second-order valence-electron chi connectivity index (χ2n) is 6.11. The Balaban J connectivity index is 0.00000102. The number of likely N-dealkylation sites (tertiary alicyclic amines) is 1. The van der Waals surface area contributed by atoms with Crippen LogP contribution in [0, 0.1) is 5.92 Å². The highest BCUT2D eigenvalue weighted by atomic mass is 15.3. The van der Waals surface area contributed by atoms with Crippen molar-refractivity contribution in [2.24, 2.45) is 5.92 Å². The van der Waals surface area contributed by atoms with E-state index in [0.29, 0.717) is 0 Å². The van der Waals surface area contributed by atoms with E-state index in [2.05, 4.69) is 35.5 Å². The average molecular weight is 314 g/mol. The summed E-state index contributed by atoms with van der Waals surface area (Å²) in [6.45, 7) is 25.2. The van der Waals surface area contributed by atoms with E-state index in [1.54, 1.807) is 0 Å². The molecule has 134 valence electrons. The quantitative estimate of drug-likeness (QED) is 0.782. The SMILES string of the molecule is CC.CC.CCN1CCC(CN2CCN(CC)[C@@H](C)C2)CC1. The molecule has 0 N–H and O–H groups in total. The van der Waals surface area contributed by atoms with Crippen LogP contribution in [0.3, 0.4) is 0 Å². The van der Waals surface area contributed by atoms with Crippen LogP contribution in [0.5, 0.6) is 0 Å². The molecule has 0 radical (unpaired) electrons. The van der Waals surface area contributed by atoms with Gasteiger partial charge in [0.1, 0.15) is 0 Å². The lowest BCUT2D eigenvalue weighted by molar-refractivity contribution is 0.0651. The van der Waals surface area contributed by atoms with Crippen molar-refractivity contribution < 1.29 is 0 Å². The largest absolute Gasteiger partial charge is 0.304 e. The lowest BCUT2D eigenvalue weighted by Crippen LogP contribution is -2.53. The molecule has 2 aliphatic rings. The maximum absolute atomic E-state index is 2.71. The van der Waals surface area contributed by atoms with E-state index in [1.165, 1.54) is 65.2 Å². The molecular formula is C19H43N3. The monoisotopic (exact) mass is 313 g/mol. The maximum atomic E-state index is 2.71. The minimum absolute atomic E-state index is 0.750. The van der Waals surface area contributed by atoms with E-state index in [0.717, 1.165) is 12.0 Å². The summed E-state index contributed by atoms with van der Waals surface area (Å²) in [6, 6.07) is 0.750. The zero-order valence-electron chi connectivity index (χ0n) is 16.6. The summed E-state index contributed by atoms with van der Waals surface area (Å²) >= 11 is 0. The van der Waals surface area contributed by atoms with Crippen LogP contribution in [0.1, 0.15) is 61.3 Å². The van der Waals surface area contributed by atoms with Gasteiger partial charge in [-0.3, -0.25) is 4.90 Å². The van der Waals surface area contributed by atoms with Crippen molar-refractivity contribution in [2.75, 3.05) is 52.4 Å². The predicted octanol–water partition coefficient (Wildman–Crippen LogP) is 3.80. The number of piperazine rings is 1. The summed E-state index contributed by atoms with van der Waals surface area (Å²) in [5.74, 6) is 0.952. The molecule has 2 fully saturated rings. The zero-order valence-corrected chi connectivity index (χ0v) is 16.6. The van der Waals surface area contributed by atoms with Gasteiger partial charge < -0.3 is 9.80 Å². The van der Waals surface area contributed by atoms with Gasteiger partial charge in [-0.1, -0.05) is 41.5 Å². The van der Waals surface area contributed by atoms with Crippen molar-refractivity contribution in [2.45, 2.75) is 67.3 Å². The van der Waals surface area contributed by atoms with Crippen molar-refractivity contribution in [3.63, 3.8) is 0 Å². The molecule has 2 heterocycles. The summed E-state index contributed by atoms with van der Waals surface area (Å²) in [4.78, 5) is 7.91. The highest BCUT2D eigenvalue weighted by Crippen LogP contribution is 2.19. The fraction of sp³-hybridized carbons (Fsp3) is 1.00. The Labute approximate surface area is 141 Å². The Morgan fingerprint density at radius 1 is 0.773 bits per heavy atom. The molecule has 2 saturated heterocycles. The standard InChI is InChI=1S/C15H31N3.2C2H6/c1-4-16-8-6-15(7-9-16)13-17-10-11-18(5-2)14(3)12-17;2*1-2/h14-15H,4-13H2,1-3H3;2*1-2H3/t14-;;/m0../s1. The fourth-order valence-corrected chi connectivity index (χ4v) is 3.56. The van der Waals surface area contributed by atoms with Crippen molar-refractivity contribution in [1.82, 2.24) is 14.7 Å². The molecule has 0 aromatic heterocycles. The molecule has 22 heavy (non-hydrogen) atoms. The van der Waals surface area contributed by atoms with Gasteiger partial charge in [-0.25, -0.2) is 0 Å². The molecule has 0 aromatic carbocycles. The second-order valence-corrected chi connectivity index (χ2v) is 6.11. The van der Waals surface area contributed by atoms with E-state index >= 15 is 0 Å². The predicted molar refractivity (Wildman–Crippen MR) is 101 cm³/mol. The third kappa shape index (κ3) is 7.43. The average Bonchev–Trinajstić information content (AvgIpc) is 2.59. The molecule has 3 nitrogen and oxygen atoms in total. The normalized spacial score (nSPS) is 25.0. The van der Waals surface area contributed by atoms with E-state index in [9.17, 15) is 0 Å². The van der Waals surface area contributed by atoms with Gasteiger partial charge in [0, 0.05) is 32.2 Å². The molecule has 1 atom stereocenters. The van der Waals surface area contributed by atoms with Gasteiger partial charge in [-0.2, -0.15) is 0 Å². The fourth-order valence-electron chi connectivity index (χ4n) is 3.56. The van der Waals surface area contributed by atoms with Crippen molar-refractivity contribution in [1.29, 1.82) is 0 Å². The molecule has 0 saturated carbocycles. The van der Waals surface area contributed by atoms with Crippen molar-refractivity contribution in [3.05, 3.63) is 0 Å². The molecule has 0 amide bonds. The number of piperidine rings is 1. The summed E-state index contributed by atoms with van der Waals surface area (Å²) < 4.78 is 0. The molecule has 2 aliphatic heterocycles. The number of likely N-dealkylation sites (N-methyl/N-ethyl adjacent to an activating group) is 1. The Kier molecular flexibility index (Phi) is 13.3. The van der Waals surface area contributed by atoms with Crippen LogP contribution in [0.4, 0.5) is 0 Å². The molecular weight excluding hydrogens is 270 g/mol. The first kappa shape index (κ1) is 21.9.